The number of phenolic OH excluding ortho intramolecular Hbond substituents is 1. The lowest BCUT2D eigenvalue weighted by molar-refractivity contribution is -0.171. The fraction of sp³-hybridized carbons (Fsp3) is 0.553. The van der Waals surface area contributed by atoms with Gasteiger partial charge in [0.1, 0.15) is 34.5 Å². The van der Waals surface area contributed by atoms with E-state index >= 15 is 0 Å². The molecule has 6 bridgehead atoms. The number of ketones is 2. The van der Waals surface area contributed by atoms with E-state index in [9.17, 15) is 29.7 Å². The predicted octanol–water partition coefficient (Wildman–Crippen LogP) is 5.91. The highest BCUT2D eigenvalue weighted by molar-refractivity contribution is 6.18. The molecule has 0 amide bonds. The lowest BCUT2D eigenvalue weighted by Crippen LogP contribution is -2.72. The van der Waals surface area contributed by atoms with Gasteiger partial charge in [0, 0.05) is 46.4 Å². The molecule has 250 valence electrons. The molecule has 9 nitrogen and oxygen atoms in total. The number of hydrogen-bond donors (Lipinski definition) is 3. The highest BCUT2D eigenvalue weighted by Gasteiger charge is 2.81. The molecule has 3 N–H and O–H groups in total. The molecule has 0 radical (unpaired) electrons. The quantitative estimate of drug-likeness (QED) is 0.255. The third-order valence-corrected chi connectivity index (χ3v) is 12.0. The summed E-state index contributed by atoms with van der Waals surface area (Å²) in [5, 5.41) is 33.6. The van der Waals surface area contributed by atoms with Crippen molar-refractivity contribution in [1.82, 2.24) is 0 Å². The van der Waals surface area contributed by atoms with Gasteiger partial charge in [-0.15, -0.1) is 0 Å². The average molecular weight is 645 g/mol. The molecule has 0 unspecified atom stereocenters. The van der Waals surface area contributed by atoms with E-state index in [1.165, 1.54) is 13.0 Å². The SMILES string of the molecule is C=C(C)[C@@H]1CC[C@]2(C)Oc3c(CC=C(C)C)c4c(c(O)c3[C@H]1[C@@H]2O)C(=O)C1=C[C@@H]2C[C@H]3C(C)(C)O[C@@](C/C=C(/C)C(=O)O)(C2=O)[C@@]13O4. The summed E-state index contributed by atoms with van der Waals surface area (Å²) in [6.07, 6.45) is 6.10. The molecule has 1 aromatic carbocycles. The number of hydrogen-bond acceptors (Lipinski definition) is 8. The number of aliphatic hydroxyl groups is 1. The van der Waals surface area contributed by atoms with Gasteiger partial charge in [0.15, 0.2) is 22.8 Å². The Balaban J connectivity index is 1.53. The van der Waals surface area contributed by atoms with Crippen molar-refractivity contribution in [3.05, 3.63) is 63.8 Å². The van der Waals surface area contributed by atoms with Crippen molar-refractivity contribution in [2.75, 3.05) is 0 Å². The normalized spacial score (nSPS) is 37.1. The van der Waals surface area contributed by atoms with Crippen LogP contribution in [-0.2, 0) is 20.7 Å². The maximum Gasteiger partial charge on any atom is 0.330 e. The number of aliphatic carboxylic acids is 1. The van der Waals surface area contributed by atoms with Gasteiger partial charge in [-0.1, -0.05) is 36.0 Å². The fourth-order valence-corrected chi connectivity index (χ4v) is 9.64. The number of phenols is 1. The van der Waals surface area contributed by atoms with Crippen LogP contribution in [-0.4, -0.2) is 61.4 Å². The van der Waals surface area contributed by atoms with E-state index in [0.717, 1.165) is 11.1 Å². The molecule has 3 heterocycles. The van der Waals surface area contributed by atoms with Gasteiger partial charge in [-0.2, -0.15) is 0 Å². The molecule has 1 saturated heterocycles. The van der Waals surface area contributed by atoms with Crippen LogP contribution in [0.5, 0.6) is 17.2 Å². The lowest BCUT2D eigenvalue weighted by atomic mass is 9.51. The monoisotopic (exact) mass is 644 g/mol. The molecule has 0 aromatic heterocycles. The van der Waals surface area contributed by atoms with Crippen LogP contribution in [0.15, 0.2) is 47.1 Å². The van der Waals surface area contributed by atoms with Crippen LogP contribution in [0.2, 0.25) is 0 Å². The highest BCUT2D eigenvalue weighted by atomic mass is 16.6. The third kappa shape index (κ3) is 3.93. The minimum atomic E-state index is -1.66. The van der Waals surface area contributed by atoms with E-state index < -0.39 is 58.0 Å². The van der Waals surface area contributed by atoms with Crippen LogP contribution in [0.4, 0.5) is 0 Å². The molecule has 47 heavy (non-hydrogen) atoms. The Morgan fingerprint density at radius 1 is 1.09 bits per heavy atom. The zero-order chi connectivity index (χ0) is 34.2. The Bertz CT molecular complexity index is 1770. The first-order valence-electron chi connectivity index (χ1n) is 16.6. The molecule has 7 aliphatic rings. The molecule has 1 spiro atoms. The van der Waals surface area contributed by atoms with E-state index in [1.54, 1.807) is 6.08 Å². The highest BCUT2D eigenvalue weighted by Crippen LogP contribution is 2.69. The topological polar surface area (TPSA) is 140 Å². The van der Waals surface area contributed by atoms with E-state index in [-0.39, 0.29) is 46.3 Å². The lowest BCUT2D eigenvalue weighted by Gasteiger charge is -2.57. The molecule has 3 aliphatic heterocycles. The van der Waals surface area contributed by atoms with Gasteiger partial charge < -0.3 is 29.5 Å². The zero-order valence-electron chi connectivity index (χ0n) is 28.2. The second-order valence-corrected chi connectivity index (χ2v) is 15.6. The number of benzene rings is 1. The number of carboxylic acid groups (broad SMARTS) is 1. The van der Waals surface area contributed by atoms with Gasteiger partial charge in [0.25, 0.3) is 0 Å². The summed E-state index contributed by atoms with van der Waals surface area (Å²) in [6, 6.07) is 0. The van der Waals surface area contributed by atoms with Crippen molar-refractivity contribution in [2.24, 2.45) is 17.8 Å². The van der Waals surface area contributed by atoms with Crippen molar-refractivity contribution < 1.29 is 43.9 Å². The summed E-state index contributed by atoms with van der Waals surface area (Å²) < 4.78 is 20.6. The first-order chi connectivity index (χ1) is 21.9. The van der Waals surface area contributed by atoms with Gasteiger partial charge in [0.2, 0.25) is 0 Å². The average Bonchev–Trinajstić information content (AvgIpc) is 3.13. The number of Topliss-reactive ketones (excluding diaryl/α,β-unsaturated/α-hetero) is 2. The van der Waals surface area contributed by atoms with Crippen LogP contribution >= 0.6 is 0 Å². The largest absolute Gasteiger partial charge is 0.507 e. The molecule has 8 atom stereocenters. The van der Waals surface area contributed by atoms with Gasteiger partial charge in [-0.05, 0) is 80.1 Å². The molecule has 2 saturated carbocycles. The number of carbonyl (C=O) groups excluding carboxylic acids is 2. The Labute approximate surface area is 275 Å². The van der Waals surface area contributed by atoms with Crippen molar-refractivity contribution in [3.63, 3.8) is 0 Å². The molecule has 3 fully saturated rings. The first-order valence-corrected chi connectivity index (χ1v) is 16.6. The molecular formula is C38H44O9. The Hall–Kier alpha value is -3.69. The van der Waals surface area contributed by atoms with E-state index in [2.05, 4.69) is 6.58 Å². The maximum absolute atomic E-state index is 15.0. The maximum atomic E-state index is 15.0. The first kappa shape index (κ1) is 31.9. The van der Waals surface area contributed by atoms with Crippen LogP contribution in [0, 0.1) is 17.8 Å². The van der Waals surface area contributed by atoms with Gasteiger partial charge >= 0.3 is 5.97 Å². The number of allylic oxidation sites excluding steroid dienone is 4. The van der Waals surface area contributed by atoms with E-state index in [4.69, 9.17) is 14.2 Å². The number of carbonyl (C=O) groups is 3. The minimum Gasteiger partial charge on any atom is -0.507 e. The van der Waals surface area contributed by atoms with Crippen LogP contribution < -0.4 is 9.47 Å². The summed E-state index contributed by atoms with van der Waals surface area (Å²) in [6.45, 7) is 17.2. The standard InChI is InChI=1S/C38H44O9/c1-17(2)9-10-22-30-26(25-21(18(3)4)12-13-36(8,45-30)33(25)42)29(40)27-28(39)23-15-20-16-24-35(6,7)47-37(32(20)41,14-11-19(5)34(43)44)38(23,24)46-31(22)27/h9,11,15,20-21,24-25,33,40,42H,3,10,12-14,16H2,1-2,4-8H3,(H,43,44)/b19-11-/t20-,21+,24+,25+,33+,36+,37+,38-/m1/s1. The van der Waals surface area contributed by atoms with Crippen molar-refractivity contribution >= 4 is 17.5 Å². The fourth-order valence-electron chi connectivity index (χ4n) is 9.64. The van der Waals surface area contributed by atoms with Crippen LogP contribution in [0.3, 0.4) is 0 Å². The van der Waals surface area contributed by atoms with Crippen molar-refractivity contribution in [2.45, 2.75) is 115 Å². The number of rotatable bonds is 6. The Morgan fingerprint density at radius 3 is 2.43 bits per heavy atom. The molecule has 4 aliphatic carbocycles. The van der Waals surface area contributed by atoms with Crippen LogP contribution in [0.25, 0.3) is 0 Å². The third-order valence-electron chi connectivity index (χ3n) is 12.0. The van der Waals surface area contributed by atoms with Crippen LogP contribution in [0.1, 0.15) is 102 Å². The summed E-state index contributed by atoms with van der Waals surface area (Å²) in [5.41, 5.74) is -1.93. The zero-order valence-corrected chi connectivity index (χ0v) is 28.2. The number of ether oxygens (including phenoxy) is 3. The van der Waals surface area contributed by atoms with Gasteiger partial charge in [0.05, 0.1) is 5.60 Å². The Morgan fingerprint density at radius 2 is 1.79 bits per heavy atom. The smallest absolute Gasteiger partial charge is 0.330 e. The van der Waals surface area contributed by atoms with Crippen molar-refractivity contribution in [1.29, 1.82) is 0 Å². The second-order valence-electron chi connectivity index (χ2n) is 15.6. The minimum absolute atomic E-state index is 0.00663. The van der Waals surface area contributed by atoms with E-state index in [0.29, 0.717) is 42.6 Å². The van der Waals surface area contributed by atoms with Crippen molar-refractivity contribution in [3.8, 4) is 17.2 Å². The molecule has 9 heteroatoms. The molecule has 8 rings (SSSR count). The summed E-state index contributed by atoms with van der Waals surface area (Å²) >= 11 is 0. The number of aromatic hydroxyl groups is 1. The number of aliphatic hydroxyl groups excluding tert-OH is 1. The van der Waals surface area contributed by atoms with E-state index in [1.807, 2.05) is 47.6 Å². The molecular weight excluding hydrogens is 600 g/mol. The van der Waals surface area contributed by atoms with Gasteiger partial charge in [-0.25, -0.2) is 4.79 Å². The van der Waals surface area contributed by atoms with Gasteiger partial charge in [-0.3, -0.25) is 9.59 Å². The summed E-state index contributed by atoms with van der Waals surface area (Å²) in [5.74, 6) is -3.32. The number of carboxylic acids is 1. The molecule has 1 aromatic rings. The Kier molecular flexibility index (Phi) is 6.73. The second kappa shape index (κ2) is 9.92. The summed E-state index contributed by atoms with van der Waals surface area (Å²) in [4.78, 5) is 41.1. The predicted molar refractivity (Wildman–Crippen MR) is 173 cm³/mol. The number of fused-ring (bicyclic) bond motifs is 5. The summed E-state index contributed by atoms with van der Waals surface area (Å²) in [7, 11) is 0.